The summed E-state index contributed by atoms with van der Waals surface area (Å²) in [7, 11) is 0. The molecule has 1 atom stereocenters. The standard InChI is InChI=1S/C23H19NO6/c1-13(25)16-8-9-18-17(11-16)21(23(28)24(18)14(2)26)22(27)19-12-29-20(30-19)10-15-6-4-3-5-7-15/h3-9,11-12,20,27H,10H2,1-2H3. The van der Waals surface area contributed by atoms with Crippen molar-refractivity contribution < 1.29 is 29.0 Å². The van der Waals surface area contributed by atoms with Crippen LogP contribution in [0.2, 0.25) is 0 Å². The number of ether oxygens (including phenoxy) is 2. The summed E-state index contributed by atoms with van der Waals surface area (Å²) < 4.78 is 11.2. The number of amides is 2. The summed E-state index contributed by atoms with van der Waals surface area (Å²) in [4.78, 5) is 37.7. The van der Waals surface area contributed by atoms with Gasteiger partial charge in [0.25, 0.3) is 5.91 Å². The normalized spacial score (nSPS) is 19.0. The minimum atomic E-state index is -0.688. The molecule has 2 aliphatic rings. The van der Waals surface area contributed by atoms with Crippen molar-refractivity contribution in [1.82, 2.24) is 0 Å². The molecule has 2 heterocycles. The van der Waals surface area contributed by atoms with Gasteiger partial charge in [0.1, 0.15) is 6.26 Å². The molecule has 0 saturated carbocycles. The number of anilines is 1. The third-order valence-corrected chi connectivity index (χ3v) is 4.95. The minimum Gasteiger partial charge on any atom is -0.504 e. The lowest BCUT2D eigenvalue weighted by molar-refractivity contribution is -0.122. The van der Waals surface area contributed by atoms with Crippen molar-refractivity contribution in [3.63, 3.8) is 0 Å². The molecule has 1 unspecified atom stereocenters. The van der Waals surface area contributed by atoms with Crippen molar-refractivity contribution in [1.29, 1.82) is 0 Å². The van der Waals surface area contributed by atoms with Gasteiger partial charge in [0.15, 0.2) is 11.5 Å². The van der Waals surface area contributed by atoms with Crippen LogP contribution in [0.4, 0.5) is 5.69 Å². The fraction of sp³-hybridized carbons (Fsp3) is 0.174. The molecule has 2 amide bonds. The van der Waals surface area contributed by atoms with Crippen LogP contribution in [-0.4, -0.2) is 29.0 Å². The average molecular weight is 405 g/mol. The Bertz CT molecular complexity index is 1120. The maximum atomic E-state index is 12.9. The minimum absolute atomic E-state index is 0.0103. The Morgan fingerprint density at radius 3 is 2.50 bits per heavy atom. The van der Waals surface area contributed by atoms with Crippen molar-refractivity contribution in [3.05, 3.63) is 83.0 Å². The first kappa shape index (κ1) is 19.4. The number of nitrogens with zero attached hydrogens (tertiary/aromatic N) is 1. The molecule has 2 aromatic carbocycles. The van der Waals surface area contributed by atoms with Crippen molar-refractivity contribution in [3.8, 4) is 0 Å². The van der Waals surface area contributed by atoms with Crippen LogP contribution in [0.3, 0.4) is 0 Å². The van der Waals surface area contributed by atoms with Gasteiger partial charge in [-0.05, 0) is 30.7 Å². The van der Waals surface area contributed by atoms with Crippen molar-refractivity contribution in [2.24, 2.45) is 0 Å². The van der Waals surface area contributed by atoms with E-state index in [0.717, 1.165) is 10.5 Å². The summed E-state index contributed by atoms with van der Waals surface area (Å²) in [6.07, 6.45) is 1.03. The molecule has 0 radical (unpaired) electrons. The molecular weight excluding hydrogens is 386 g/mol. The second-order valence-electron chi connectivity index (χ2n) is 7.03. The molecule has 2 aromatic rings. The largest absolute Gasteiger partial charge is 0.504 e. The number of rotatable bonds is 4. The Balaban J connectivity index is 1.68. The molecule has 0 fully saturated rings. The van der Waals surface area contributed by atoms with Crippen LogP contribution in [0.5, 0.6) is 0 Å². The van der Waals surface area contributed by atoms with Crippen LogP contribution in [0, 0.1) is 0 Å². The maximum absolute atomic E-state index is 12.9. The molecule has 0 spiro atoms. The van der Waals surface area contributed by atoms with Crippen LogP contribution < -0.4 is 4.90 Å². The van der Waals surface area contributed by atoms with Gasteiger partial charge >= 0.3 is 0 Å². The Morgan fingerprint density at radius 1 is 1.10 bits per heavy atom. The molecule has 30 heavy (non-hydrogen) atoms. The van der Waals surface area contributed by atoms with E-state index in [-0.39, 0.29) is 22.7 Å². The van der Waals surface area contributed by atoms with E-state index in [4.69, 9.17) is 9.47 Å². The topological polar surface area (TPSA) is 93.1 Å². The number of ketones is 1. The number of carbonyl (C=O) groups excluding carboxylic acids is 3. The van der Waals surface area contributed by atoms with E-state index in [2.05, 4.69) is 0 Å². The van der Waals surface area contributed by atoms with Gasteiger partial charge in [0.2, 0.25) is 18.0 Å². The van der Waals surface area contributed by atoms with E-state index in [9.17, 15) is 19.5 Å². The van der Waals surface area contributed by atoms with Crippen molar-refractivity contribution in [2.45, 2.75) is 26.6 Å². The molecule has 7 heteroatoms. The van der Waals surface area contributed by atoms with Crippen LogP contribution in [0.15, 0.2) is 66.3 Å². The van der Waals surface area contributed by atoms with Crippen molar-refractivity contribution in [2.75, 3.05) is 4.90 Å². The van der Waals surface area contributed by atoms with E-state index in [1.165, 1.54) is 38.3 Å². The lowest BCUT2D eigenvalue weighted by atomic mass is 10.0. The predicted octanol–water partition coefficient (Wildman–Crippen LogP) is 3.51. The molecule has 0 aromatic heterocycles. The highest BCUT2D eigenvalue weighted by molar-refractivity contribution is 6.40. The van der Waals surface area contributed by atoms with E-state index in [1.807, 2.05) is 30.3 Å². The quantitative estimate of drug-likeness (QED) is 0.475. The zero-order valence-electron chi connectivity index (χ0n) is 16.4. The van der Waals surface area contributed by atoms with Gasteiger partial charge in [-0.3, -0.25) is 14.4 Å². The number of carbonyl (C=O) groups is 3. The molecular formula is C23H19NO6. The first-order chi connectivity index (χ1) is 14.4. The highest BCUT2D eigenvalue weighted by atomic mass is 16.7. The number of Topliss-reactive ketones (excluding diaryl/α,β-unsaturated/α-hetero) is 1. The third kappa shape index (κ3) is 3.34. The fourth-order valence-corrected chi connectivity index (χ4v) is 3.49. The Hall–Kier alpha value is -3.87. The second kappa shape index (κ2) is 7.51. The highest BCUT2D eigenvalue weighted by Crippen LogP contribution is 2.41. The smallest absolute Gasteiger partial charge is 0.269 e. The molecule has 152 valence electrons. The van der Waals surface area contributed by atoms with Crippen LogP contribution in [0.1, 0.15) is 35.3 Å². The van der Waals surface area contributed by atoms with Gasteiger partial charge in [-0.1, -0.05) is 30.3 Å². The average Bonchev–Trinajstić information content (AvgIpc) is 3.29. The molecule has 7 nitrogen and oxygen atoms in total. The van der Waals surface area contributed by atoms with Crippen molar-refractivity contribution >= 4 is 28.9 Å². The Labute approximate surface area is 172 Å². The van der Waals surface area contributed by atoms with Crippen LogP contribution in [-0.2, 0) is 25.5 Å². The Kier molecular flexibility index (Phi) is 4.87. The third-order valence-electron chi connectivity index (χ3n) is 4.95. The summed E-state index contributed by atoms with van der Waals surface area (Å²) in [5.74, 6) is -1.84. The molecule has 1 N–H and O–H groups in total. The monoisotopic (exact) mass is 405 g/mol. The fourth-order valence-electron chi connectivity index (χ4n) is 3.49. The van der Waals surface area contributed by atoms with E-state index < -0.39 is 23.9 Å². The number of imide groups is 1. The summed E-state index contributed by atoms with van der Waals surface area (Å²) in [6, 6.07) is 14.1. The first-order valence-electron chi connectivity index (χ1n) is 9.37. The first-order valence-corrected chi connectivity index (χ1v) is 9.37. The van der Waals surface area contributed by atoms with Gasteiger partial charge in [0, 0.05) is 24.5 Å². The maximum Gasteiger partial charge on any atom is 0.269 e. The van der Waals surface area contributed by atoms with E-state index >= 15 is 0 Å². The number of hydrogen-bond donors (Lipinski definition) is 1. The number of aliphatic hydroxyl groups excluding tert-OH is 1. The molecule has 0 bridgehead atoms. The zero-order valence-corrected chi connectivity index (χ0v) is 16.4. The van der Waals surface area contributed by atoms with Gasteiger partial charge in [0.05, 0.1) is 11.3 Å². The molecule has 0 saturated heterocycles. The molecule has 2 aliphatic heterocycles. The number of benzene rings is 2. The molecule has 0 aliphatic carbocycles. The lowest BCUT2D eigenvalue weighted by Crippen LogP contribution is -2.31. The molecule has 4 rings (SSSR count). The number of fused-ring (bicyclic) bond motifs is 1. The predicted molar refractivity (Wildman–Crippen MR) is 108 cm³/mol. The summed E-state index contributed by atoms with van der Waals surface area (Å²) in [5, 5.41) is 10.8. The van der Waals surface area contributed by atoms with Gasteiger partial charge < -0.3 is 14.6 Å². The van der Waals surface area contributed by atoms with E-state index in [0.29, 0.717) is 17.7 Å². The number of hydrogen-bond acceptors (Lipinski definition) is 6. The van der Waals surface area contributed by atoms with Gasteiger partial charge in [-0.15, -0.1) is 0 Å². The zero-order chi connectivity index (χ0) is 21.4. The second-order valence-corrected chi connectivity index (χ2v) is 7.03. The van der Waals surface area contributed by atoms with Crippen LogP contribution >= 0.6 is 0 Å². The Morgan fingerprint density at radius 2 is 1.83 bits per heavy atom. The van der Waals surface area contributed by atoms with Gasteiger partial charge in [-0.2, -0.15) is 0 Å². The van der Waals surface area contributed by atoms with E-state index in [1.54, 1.807) is 0 Å². The summed E-state index contributed by atoms with van der Waals surface area (Å²) in [6.45, 7) is 2.65. The summed E-state index contributed by atoms with van der Waals surface area (Å²) in [5.41, 5.74) is 1.83. The van der Waals surface area contributed by atoms with Gasteiger partial charge in [-0.25, -0.2) is 4.90 Å². The highest BCUT2D eigenvalue weighted by Gasteiger charge is 2.39. The van der Waals surface area contributed by atoms with Crippen LogP contribution in [0.25, 0.3) is 5.57 Å². The summed E-state index contributed by atoms with van der Waals surface area (Å²) >= 11 is 0. The lowest BCUT2D eigenvalue weighted by Gasteiger charge is -2.13. The number of aliphatic hydroxyl groups is 1. The SMILES string of the molecule is CC(=O)c1ccc2c(c1)C(=C(O)C1=COC(Cc3ccccc3)O1)C(=O)N2C(C)=O.